The monoisotopic (exact) mass is 244 g/mol. The van der Waals surface area contributed by atoms with E-state index in [0.29, 0.717) is 4.64 Å². The van der Waals surface area contributed by atoms with Crippen LogP contribution in [0, 0.1) is 18.5 Å². The Morgan fingerprint density at radius 3 is 2.65 bits per heavy atom. The van der Waals surface area contributed by atoms with Crippen molar-refractivity contribution < 1.29 is 0 Å². The Bertz CT molecular complexity index is 599. The molecule has 0 fully saturated rings. The third-order valence-electron chi connectivity index (χ3n) is 3.10. The summed E-state index contributed by atoms with van der Waals surface area (Å²) in [5.74, 6) is 0. The minimum atomic E-state index is 0.694. The van der Waals surface area contributed by atoms with E-state index in [0.717, 1.165) is 17.7 Å². The summed E-state index contributed by atoms with van der Waals surface area (Å²) in [6.45, 7) is 6.35. The van der Waals surface area contributed by atoms with Gasteiger partial charge in [-0.2, -0.15) is 0 Å². The Labute approximate surface area is 107 Å². The minimum Gasteiger partial charge on any atom is -0.346 e. The fourth-order valence-corrected chi connectivity index (χ4v) is 2.21. The second kappa shape index (κ2) is 4.80. The van der Waals surface area contributed by atoms with Gasteiger partial charge in [-0.25, -0.2) is 4.98 Å². The lowest BCUT2D eigenvalue weighted by atomic mass is 10.0. The van der Waals surface area contributed by atoms with E-state index in [2.05, 4.69) is 48.9 Å². The van der Waals surface area contributed by atoms with Crippen molar-refractivity contribution in [2.75, 3.05) is 0 Å². The summed E-state index contributed by atoms with van der Waals surface area (Å²) in [5.41, 5.74) is 5.99. The number of rotatable bonds is 2. The zero-order valence-corrected chi connectivity index (χ0v) is 11.2. The lowest BCUT2D eigenvalue weighted by Crippen LogP contribution is -1.96. The molecule has 88 valence electrons. The van der Waals surface area contributed by atoms with E-state index in [1.54, 1.807) is 6.33 Å². The van der Waals surface area contributed by atoms with E-state index in [1.807, 2.05) is 0 Å². The number of hydrogen-bond acceptors (Lipinski definition) is 2. The Kier molecular flexibility index (Phi) is 3.38. The number of benzene rings is 1. The van der Waals surface area contributed by atoms with Gasteiger partial charge in [-0.1, -0.05) is 31.3 Å². The molecule has 2 rings (SSSR count). The summed E-state index contributed by atoms with van der Waals surface area (Å²) in [7, 11) is 0. The summed E-state index contributed by atoms with van der Waals surface area (Å²) in [5, 5.41) is 0. The molecule has 2 aromatic rings. The smallest absolute Gasteiger partial charge is 0.133 e. The van der Waals surface area contributed by atoms with E-state index in [4.69, 9.17) is 12.2 Å². The SMILES string of the molecule is CCc1c(-c2ccc(C)c(C)c2)[nH]cnc1=S. The number of H-pyrrole nitrogens is 1. The molecular weight excluding hydrogens is 228 g/mol. The first-order chi connectivity index (χ1) is 8.13. The molecule has 1 aromatic heterocycles. The van der Waals surface area contributed by atoms with Crippen LogP contribution in [0.4, 0.5) is 0 Å². The van der Waals surface area contributed by atoms with Crippen LogP contribution in [-0.2, 0) is 6.42 Å². The van der Waals surface area contributed by atoms with Crippen LogP contribution in [0.1, 0.15) is 23.6 Å². The van der Waals surface area contributed by atoms with Crippen molar-refractivity contribution in [3.05, 3.63) is 45.9 Å². The minimum absolute atomic E-state index is 0.694. The molecule has 1 N–H and O–H groups in total. The molecule has 1 aromatic carbocycles. The van der Waals surface area contributed by atoms with Gasteiger partial charge in [0.05, 0.1) is 12.0 Å². The van der Waals surface area contributed by atoms with Crippen LogP contribution in [0.5, 0.6) is 0 Å². The van der Waals surface area contributed by atoms with Crippen molar-refractivity contribution >= 4 is 12.2 Å². The Morgan fingerprint density at radius 1 is 1.24 bits per heavy atom. The van der Waals surface area contributed by atoms with Crippen molar-refractivity contribution in [2.45, 2.75) is 27.2 Å². The maximum absolute atomic E-state index is 5.27. The van der Waals surface area contributed by atoms with Crippen molar-refractivity contribution in [2.24, 2.45) is 0 Å². The lowest BCUT2D eigenvalue weighted by molar-refractivity contribution is 1.04. The molecule has 0 spiro atoms. The van der Waals surface area contributed by atoms with Crippen LogP contribution < -0.4 is 0 Å². The topological polar surface area (TPSA) is 28.7 Å². The molecule has 0 aliphatic rings. The standard InChI is InChI=1S/C14H16N2S/c1-4-12-13(15-8-16-14(12)17)11-6-5-9(2)10(3)7-11/h5-8H,4H2,1-3H3,(H,15,16,17). The van der Waals surface area contributed by atoms with Gasteiger partial charge in [0, 0.05) is 5.56 Å². The van der Waals surface area contributed by atoms with E-state index < -0.39 is 0 Å². The summed E-state index contributed by atoms with van der Waals surface area (Å²) in [4.78, 5) is 7.35. The number of aromatic amines is 1. The predicted molar refractivity (Wildman–Crippen MR) is 73.7 cm³/mol. The lowest BCUT2D eigenvalue weighted by Gasteiger charge is -2.09. The van der Waals surface area contributed by atoms with Gasteiger partial charge in [0.15, 0.2) is 0 Å². The molecule has 2 nitrogen and oxygen atoms in total. The molecule has 1 heterocycles. The zero-order valence-electron chi connectivity index (χ0n) is 10.4. The molecule has 0 aliphatic heterocycles. The van der Waals surface area contributed by atoms with Gasteiger partial charge in [-0.05, 0) is 43.0 Å². The Hall–Kier alpha value is -1.48. The van der Waals surface area contributed by atoms with Crippen LogP contribution in [0.3, 0.4) is 0 Å². The molecular formula is C14H16N2S. The van der Waals surface area contributed by atoms with Gasteiger partial charge in [-0.15, -0.1) is 0 Å². The van der Waals surface area contributed by atoms with Crippen LogP contribution >= 0.6 is 12.2 Å². The fraction of sp³-hybridized carbons (Fsp3) is 0.286. The molecule has 0 saturated heterocycles. The highest BCUT2D eigenvalue weighted by Crippen LogP contribution is 2.24. The van der Waals surface area contributed by atoms with Crippen molar-refractivity contribution in [1.29, 1.82) is 0 Å². The summed E-state index contributed by atoms with van der Waals surface area (Å²) < 4.78 is 0.694. The molecule has 0 amide bonds. The molecule has 3 heteroatoms. The molecule has 0 aliphatic carbocycles. The first kappa shape index (κ1) is 12.0. The van der Waals surface area contributed by atoms with E-state index in [-0.39, 0.29) is 0 Å². The largest absolute Gasteiger partial charge is 0.346 e. The van der Waals surface area contributed by atoms with Crippen LogP contribution in [-0.4, -0.2) is 9.97 Å². The van der Waals surface area contributed by atoms with Crippen LogP contribution in [0.25, 0.3) is 11.3 Å². The van der Waals surface area contributed by atoms with Gasteiger partial charge in [-0.3, -0.25) is 0 Å². The van der Waals surface area contributed by atoms with Gasteiger partial charge < -0.3 is 4.98 Å². The van der Waals surface area contributed by atoms with E-state index in [9.17, 15) is 0 Å². The number of aryl methyl sites for hydroxylation is 2. The van der Waals surface area contributed by atoms with Crippen LogP contribution in [0.2, 0.25) is 0 Å². The molecule has 17 heavy (non-hydrogen) atoms. The maximum atomic E-state index is 5.27. The number of aromatic nitrogens is 2. The molecule has 0 unspecified atom stereocenters. The normalized spacial score (nSPS) is 10.5. The van der Waals surface area contributed by atoms with E-state index >= 15 is 0 Å². The number of nitrogens with one attached hydrogen (secondary N) is 1. The number of nitrogens with zero attached hydrogens (tertiary/aromatic N) is 1. The quantitative estimate of drug-likeness (QED) is 0.809. The fourth-order valence-electron chi connectivity index (χ4n) is 1.91. The Morgan fingerprint density at radius 2 is 2.00 bits per heavy atom. The van der Waals surface area contributed by atoms with Gasteiger partial charge in [0.2, 0.25) is 0 Å². The summed E-state index contributed by atoms with van der Waals surface area (Å²) in [6, 6.07) is 6.46. The average Bonchev–Trinajstić information content (AvgIpc) is 2.32. The third-order valence-corrected chi connectivity index (χ3v) is 3.45. The van der Waals surface area contributed by atoms with Gasteiger partial charge >= 0.3 is 0 Å². The highest BCUT2D eigenvalue weighted by Gasteiger charge is 2.07. The van der Waals surface area contributed by atoms with Gasteiger partial charge in [0.1, 0.15) is 4.64 Å². The second-order valence-electron chi connectivity index (χ2n) is 4.21. The van der Waals surface area contributed by atoms with E-state index in [1.165, 1.54) is 16.7 Å². The average molecular weight is 244 g/mol. The maximum Gasteiger partial charge on any atom is 0.133 e. The zero-order chi connectivity index (χ0) is 12.4. The molecule has 0 saturated carbocycles. The van der Waals surface area contributed by atoms with Gasteiger partial charge in [0.25, 0.3) is 0 Å². The summed E-state index contributed by atoms with van der Waals surface area (Å²) in [6.07, 6.45) is 2.57. The molecule has 0 radical (unpaired) electrons. The molecule has 0 atom stereocenters. The second-order valence-corrected chi connectivity index (χ2v) is 4.60. The summed E-state index contributed by atoms with van der Waals surface area (Å²) >= 11 is 5.27. The number of hydrogen-bond donors (Lipinski definition) is 1. The van der Waals surface area contributed by atoms with Crippen molar-refractivity contribution in [1.82, 2.24) is 9.97 Å². The predicted octanol–water partition coefficient (Wildman–Crippen LogP) is 3.99. The highest BCUT2D eigenvalue weighted by molar-refractivity contribution is 7.71. The first-order valence-electron chi connectivity index (χ1n) is 5.77. The van der Waals surface area contributed by atoms with Crippen LogP contribution in [0.15, 0.2) is 24.5 Å². The first-order valence-corrected chi connectivity index (χ1v) is 6.18. The Balaban J connectivity index is 2.64. The third kappa shape index (κ3) is 2.29. The van der Waals surface area contributed by atoms with Crippen molar-refractivity contribution in [3.63, 3.8) is 0 Å². The van der Waals surface area contributed by atoms with Crippen molar-refractivity contribution in [3.8, 4) is 11.3 Å². The highest BCUT2D eigenvalue weighted by atomic mass is 32.1. The molecule has 0 bridgehead atoms.